The molecule has 5 nitrogen and oxygen atoms in total. The van der Waals surface area contributed by atoms with Gasteiger partial charge in [0.25, 0.3) is 0 Å². The number of ether oxygens (including phenoxy) is 1. The number of H-pyrrole nitrogens is 1. The number of rotatable bonds is 4. The van der Waals surface area contributed by atoms with E-state index in [0.717, 1.165) is 18.8 Å². The van der Waals surface area contributed by atoms with Crippen LogP contribution in [0.1, 0.15) is 23.9 Å². The van der Waals surface area contributed by atoms with Crippen LogP contribution in [0.4, 0.5) is 4.39 Å². The van der Waals surface area contributed by atoms with Crippen LogP contribution >= 0.6 is 0 Å². The number of nitrogens with one attached hydrogen (secondary N) is 1. The first kappa shape index (κ1) is 13.2. The average Bonchev–Trinajstić information content (AvgIpc) is 3.10. The number of hydrogen-bond acceptors (Lipinski definition) is 4. The molecule has 20 heavy (non-hydrogen) atoms. The molecule has 0 aromatic carbocycles. The molecule has 1 saturated heterocycles. The van der Waals surface area contributed by atoms with Gasteiger partial charge in [-0.15, -0.1) is 0 Å². The summed E-state index contributed by atoms with van der Waals surface area (Å²) in [5.74, 6) is 0.630. The maximum atomic E-state index is 13.7. The molecule has 106 valence electrons. The number of aromatic amines is 1. The molecule has 3 rings (SSSR count). The van der Waals surface area contributed by atoms with E-state index in [1.165, 1.54) is 6.20 Å². The van der Waals surface area contributed by atoms with Crippen molar-refractivity contribution >= 4 is 0 Å². The molecular formula is C14H17FN4O. The predicted octanol–water partition coefficient (Wildman–Crippen LogP) is 1.91. The van der Waals surface area contributed by atoms with E-state index < -0.39 is 0 Å². The van der Waals surface area contributed by atoms with Crippen LogP contribution in [0, 0.1) is 5.82 Å². The van der Waals surface area contributed by atoms with E-state index in [1.807, 2.05) is 0 Å². The van der Waals surface area contributed by atoms with Crippen molar-refractivity contribution < 1.29 is 9.13 Å². The SMILES string of the molecule is CO[C@@H]1CC(c2ncc[nH]2)N(Cc2ccncc2F)C1. The van der Waals surface area contributed by atoms with Crippen LogP contribution < -0.4 is 0 Å². The highest BCUT2D eigenvalue weighted by Crippen LogP contribution is 2.32. The Morgan fingerprint density at radius 2 is 2.40 bits per heavy atom. The molecule has 0 spiro atoms. The molecule has 2 aromatic rings. The van der Waals surface area contributed by atoms with Crippen molar-refractivity contribution in [3.8, 4) is 0 Å². The summed E-state index contributed by atoms with van der Waals surface area (Å²) in [4.78, 5) is 13.4. The first-order valence-corrected chi connectivity index (χ1v) is 6.62. The smallest absolute Gasteiger partial charge is 0.145 e. The number of hydrogen-bond donors (Lipinski definition) is 1. The van der Waals surface area contributed by atoms with Gasteiger partial charge in [-0.3, -0.25) is 9.88 Å². The molecule has 0 aliphatic carbocycles. The Bertz CT molecular complexity index is 560. The topological polar surface area (TPSA) is 54.0 Å². The molecule has 6 heteroatoms. The van der Waals surface area contributed by atoms with Crippen LogP contribution in [0.2, 0.25) is 0 Å². The standard InChI is InChI=1S/C14H17FN4O/c1-20-11-6-13(14-17-4-5-18-14)19(9-11)8-10-2-3-16-7-12(10)15/h2-5,7,11,13H,6,8-9H2,1H3,(H,17,18)/t11-,13?/m1/s1. The molecule has 0 amide bonds. The molecule has 1 aliphatic rings. The summed E-state index contributed by atoms with van der Waals surface area (Å²) >= 11 is 0. The van der Waals surface area contributed by atoms with Crippen LogP contribution in [0.5, 0.6) is 0 Å². The molecule has 2 aromatic heterocycles. The van der Waals surface area contributed by atoms with E-state index in [4.69, 9.17) is 4.74 Å². The van der Waals surface area contributed by atoms with Crippen molar-refractivity contribution in [2.75, 3.05) is 13.7 Å². The van der Waals surface area contributed by atoms with Crippen LogP contribution in [-0.4, -0.2) is 39.6 Å². The number of methoxy groups -OCH3 is 1. The van der Waals surface area contributed by atoms with Gasteiger partial charge in [0.15, 0.2) is 0 Å². The third-order valence-corrected chi connectivity index (χ3v) is 3.76. The van der Waals surface area contributed by atoms with E-state index in [2.05, 4.69) is 19.9 Å². The molecule has 1 aliphatic heterocycles. The fourth-order valence-electron chi connectivity index (χ4n) is 2.70. The van der Waals surface area contributed by atoms with Gasteiger partial charge in [0, 0.05) is 44.4 Å². The summed E-state index contributed by atoms with van der Waals surface area (Å²) in [6, 6.07) is 1.84. The number of pyridine rings is 1. The lowest BCUT2D eigenvalue weighted by atomic mass is 10.1. The normalized spacial score (nSPS) is 23.3. The highest BCUT2D eigenvalue weighted by Gasteiger charge is 2.34. The quantitative estimate of drug-likeness (QED) is 0.926. The van der Waals surface area contributed by atoms with Crippen molar-refractivity contribution in [3.63, 3.8) is 0 Å². The van der Waals surface area contributed by atoms with E-state index in [-0.39, 0.29) is 18.0 Å². The molecule has 3 heterocycles. The second-order valence-corrected chi connectivity index (χ2v) is 4.98. The van der Waals surface area contributed by atoms with Gasteiger partial charge in [-0.1, -0.05) is 0 Å². The second-order valence-electron chi connectivity index (χ2n) is 4.98. The van der Waals surface area contributed by atoms with Gasteiger partial charge < -0.3 is 9.72 Å². The average molecular weight is 276 g/mol. The zero-order chi connectivity index (χ0) is 13.9. The van der Waals surface area contributed by atoms with Gasteiger partial charge in [-0.05, 0) is 12.5 Å². The Morgan fingerprint density at radius 3 is 3.10 bits per heavy atom. The Kier molecular flexibility index (Phi) is 3.75. The minimum Gasteiger partial charge on any atom is -0.380 e. The summed E-state index contributed by atoms with van der Waals surface area (Å²) in [6.07, 6.45) is 7.42. The number of nitrogens with zero attached hydrogens (tertiary/aromatic N) is 3. The summed E-state index contributed by atoms with van der Waals surface area (Å²) in [5.41, 5.74) is 0.647. The van der Waals surface area contributed by atoms with Crippen molar-refractivity contribution in [2.45, 2.75) is 25.1 Å². The molecule has 0 saturated carbocycles. The molecule has 1 fully saturated rings. The number of aromatic nitrogens is 3. The third-order valence-electron chi connectivity index (χ3n) is 3.76. The molecule has 1 unspecified atom stereocenters. The van der Waals surface area contributed by atoms with Gasteiger partial charge in [0.1, 0.15) is 11.6 Å². The Morgan fingerprint density at radius 1 is 1.50 bits per heavy atom. The predicted molar refractivity (Wildman–Crippen MR) is 71.3 cm³/mol. The molecule has 0 bridgehead atoms. The number of imidazole rings is 1. The Labute approximate surface area is 116 Å². The van der Waals surface area contributed by atoms with Crippen molar-refractivity contribution in [1.29, 1.82) is 0 Å². The van der Waals surface area contributed by atoms with E-state index in [1.54, 1.807) is 31.8 Å². The first-order valence-electron chi connectivity index (χ1n) is 6.62. The summed E-state index contributed by atoms with van der Waals surface area (Å²) in [7, 11) is 1.71. The van der Waals surface area contributed by atoms with E-state index >= 15 is 0 Å². The van der Waals surface area contributed by atoms with E-state index in [0.29, 0.717) is 12.1 Å². The fraction of sp³-hybridized carbons (Fsp3) is 0.429. The fourth-order valence-corrected chi connectivity index (χ4v) is 2.70. The zero-order valence-corrected chi connectivity index (χ0v) is 11.3. The molecule has 2 atom stereocenters. The maximum absolute atomic E-state index is 13.7. The van der Waals surface area contributed by atoms with Gasteiger partial charge in [0.2, 0.25) is 0 Å². The van der Waals surface area contributed by atoms with Gasteiger partial charge >= 0.3 is 0 Å². The molecule has 0 radical (unpaired) electrons. The van der Waals surface area contributed by atoms with Crippen LogP contribution in [-0.2, 0) is 11.3 Å². The van der Waals surface area contributed by atoms with Crippen LogP contribution in [0.15, 0.2) is 30.9 Å². The van der Waals surface area contributed by atoms with Crippen molar-refractivity contribution in [2.24, 2.45) is 0 Å². The lowest BCUT2D eigenvalue weighted by Gasteiger charge is -2.22. The maximum Gasteiger partial charge on any atom is 0.145 e. The van der Waals surface area contributed by atoms with Gasteiger partial charge in [-0.25, -0.2) is 9.37 Å². The van der Waals surface area contributed by atoms with Crippen LogP contribution in [0.25, 0.3) is 0 Å². The number of halogens is 1. The highest BCUT2D eigenvalue weighted by molar-refractivity contribution is 5.14. The minimum absolute atomic E-state index is 0.127. The monoisotopic (exact) mass is 276 g/mol. The van der Waals surface area contributed by atoms with Gasteiger partial charge in [-0.2, -0.15) is 0 Å². The highest BCUT2D eigenvalue weighted by atomic mass is 19.1. The minimum atomic E-state index is -0.272. The summed E-state index contributed by atoms with van der Waals surface area (Å²) < 4.78 is 19.2. The lowest BCUT2D eigenvalue weighted by Crippen LogP contribution is -2.25. The Balaban J connectivity index is 1.81. The lowest BCUT2D eigenvalue weighted by molar-refractivity contribution is 0.107. The van der Waals surface area contributed by atoms with E-state index in [9.17, 15) is 4.39 Å². The Hall–Kier alpha value is -1.79. The molecular weight excluding hydrogens is 259 g/mol. The zero-order valence-electron chi connectivity index (χ0n) is 11.3. The third kappa shape index (κ3) is 2.57. The largest absolute Gasteiger partial charge is 0.380 e. The summed E-state index contributed by atoms with van der Waals surface area (Å²) in [5, 5.41) is 0. The van der Waals surface area contributed by atoms with Crippen molar-refractivity contribution in [3.05, 3.63) is 48.1 Å². The first-order chi connectivity index (χ1) is 9.78. The number of likely N-dealkylation sites (tertiary alicyclic amines) is 1. The van der Waals surface area contributed by atoms with Gasteiger partial charge in [0.05, 0.1) is 18.3 Å². The van der Waals surface area contributed by atoms with Crippen molar-refractivity contribution in [1.82, 2.24) is 19.9 Å². The second kappa shape index (κ2) is 5.68. The van der Waals surface area contributed by atoms with Crippen LogP contribution in [0.3, 0.4) is 0 Å². The molecule has 1 N–H and O–H groups in total. The summed E-state index contributed by atoms with van der Waals surface area (Å²) in [6.45, 7) is 1.29.